The fraction of sp³-hybridized carbons (Fsp3) is 0.583. The molecule has 0 saturated heterocycles. The van der Waals surface area contributed by atoms with E-state index < -0.39 is 4.92 Å². The molecule has 7 heteroatoms. The monoisotopic (exact) mass is 286 g/mol. The van der Waals surface area contributed by atoms with Crippen molar-refractivity contribution in [3.63, 3.8) is 0 Å². The summed E-state index contributed by atoms with van der Waals surface area (Å²) in [6.45, 7) is 7.91. The predicted octanol–water partition coefficient (Wildman–Crippen LogP) is 2.79. The van der Waals surface area contributed by atoms with Crippen molar-refractivity contribution in [2.45, 2.75) is 20.3 Å². The van der Waals surface area contributed by atoms with Crippen molar-refractivity contribution in [3.8, 4) is 0 Å². The number of hydrogen-bond donors (Lipinski definition) is 1. The van der Waals surface area contributed by atoms with Crippen LogP contribution >= 0.6 is 11.6 Å². The topological polar surface area (TPSA) is 71.3 Å². The minimum absolute atomic E-state index is 0.100. The first-order valence-corrected chi connectivity index (χ1v) is 6.72. The molecular formula is C12H19ClN4O2. The fourth-order valence-electron chi connectivity index (χ4n) is 1.73. The van der Waals surface area contributed by atoms with Crippen molar-refractivity contribution >= 4 is 23.1 Å². The van der Waals surface area contributed by atoms with Gasteiger partial charge in [0.1, 0.15) is 12.0 Å². The summed E-state index contributed by atoms with van der Waals surface area (Å²) in [7, 11) is 0. The van der Waals surface area contributed by atoms with Gasteiger partial charge in [0.25, 0.3) is 5.69 Å². The van der Waals surface area contributed by atoms with Gasteiger partial charge in [0.15, 0.2) is 0 Å². The molecule has 0 atom stereocenters. The summed E-state index contributed by atoms with van der Waals surface area (Å²) in [5.41, 5.74) is -0.100. The zero-order valence-electron chi connectivity index (χ0n) is 11.2. The molecule has 0 radical (unpaired) electrons. The van der Waals surface area contributed by atoms with Gasteiger partial charge < -0.3 is 10.2 Å². The Balaban J connectivity index is 2.51. The third-order valence-electron chi connectivity index (χ3n) is 2.75. The quantitative estimate of drug-likeness (QED) is 0.588. The molecule has 106 valence electrons. The van der Waals surface area contributed by atoms with E-state index in [4.69, 9.17) is 11.6 Å². The van der Waals surface area contributed by atoms with Crippen LogP contribution in [0.3, 0.4) is 0 Å². The minimum Gasteiger partial charge on any atom is -0.368 e. The molecule has 1 aromatic heterocycles. The zero-order valence-corrected chi connectivity index (χ0v) is 12.0. The Hall–Kier alpha value is -1.40. The fourth-order valence-corrected chi connectivity index (χ4v) is 1.96. The van der Waals surface area contributed by atoms with Crippen LogP contribution in [0.2, 0.25) is 5.02 Å². The molecule has 0 aliphatic rings. The van der Waals surface area contributed by atoms with Crippen molar-refractivity contribution in [1.29, 1.82) is 0 Å². The lowest BCUT2D eigenvalue weighted by atomic mass is 10.4. The van der Waals surface area contributed by atoms with E-state index in [0.29, 0.717) is 12.4 Å². The lowest BCUT2D eigenvalue weighted by Crippen LogP contribution is -2.29. The summed E-state index contributed by atoms with van der Waals surface area (Å²) in [4.78, 5) is 16.3. The van der Waals surface area contributed by atoms with Crippen LogP contribution in [0.15, 0.2) is 12.3 Å². The van der Waals surface area contributed by atoms with Gasteiger partial charge in [-0.3, -0.25) is 10.1 Å². The van der Waals surface area contributed by atoms with E-state index in [2.05, 4.69) is 29.0 Å². The van der Waals surface area contributed by atoms with Crippen molar-refractivity contribution < 1.29 is 4.92 Å². The largest absolute Gasteiger partial charge is 0.368 e. The number of nitro groups is 1. The van der Waals surface area contributed by atoms with E-state index in [1.807, 2.05) is 0 Å². The molecule has 0 aromatic carbocycles. The molecule has 1 heterocycles. The second-order valence-electron chi connectivity index (χ2n) is 4.14. The van der Waals surface area contributed by atoms with E-state index in [-0.39, 0.29) is 10.7 Å². The first-order chi connectivity index (χ1) is 9.08. The summed E-state index contributed by atoms with van der Waals surface area (Å²) >= 11 is 5.94. The average molecular weight is 287 g/mol. The number of anilines is 1. The van der Waals surface area contributed by atoms with Crippen LogP contribution < -0.4 is 5.32 Å². The van der Waals surface area contributed by atoms with Crippen LogP contribution in [-0.4, -0.2) is 41.0 Å². The standard InChI is InChI=1S/C12H19ClN4O2/c1-3-6-16(4-2)7-5-14-12-11(13)8-10(9-15-12)17(18)19/h8-9H,3-7H2,1-2H3,(H,14,15). The van der Waals surface area contributed by atoms with E-state index in [1.165, 1.54) is 12.3 Å². The lowest BCUT2D eigenvalue weighted by Gasteiger charge is -2.19. The highest BCUT2D eigenvalue weighted by Gasteiger charge is 2.10. The molecule has 0 spiro atoms. The van der Waals surface area contributed by atoms with Gasteiger partial charge in [-0.05, 0) is 19.5 Å². The van der Waals surface area contributed by atoms with Gasteiger partial charge in [0.2, 0.25) is 0 Å². The number of nitrogens with zero attached hydrogens (tertiary/aromatic N) is 3. The smallest absolute Gasteiger partial charge is 0.289 e. The summed E-state index contributed by atoms with van der Waals surface area (Å²) in [5, 5.41) is 13.9. The Labute approximate surface area is 117 Å². The number of rotatable bonds is 8. The first-order valence-electron chi connectivity index (χ1n) is 6.34. The highest BCUT2D eigenvalue weighted by Crippen LogP contribution is 2.23. The van der Waals surface area contributed by atoms with E-state index in [0.717, 1.165) is 26.1 Å². The van der Waals surface area contributed by atoms with Crippen LogP contribution in [0.25, 0.3) is 0 Å². The van der Waals surface area contributed by atoms with Gasteiger partial charge in [-0.25, -0.2) is 4.98 Å². The number of halogens is 1. The molecular weight excluding hydrogens is 268 g/mol. The van der Waals surface area contributed by atoms with Gasteiger partial charge >= 0.3 is 0 Å². The number of hydrogen-bond acceptors (Lipinski definition) is 5. The summed E-state index contributed by atoms with van der Waals surface area (Å²) in [6.07, 6.45) is 2.32. The van der Waals surface area contributed by atoms with E-state index in [9.17, 15) is 10.1 Å². The highest BCUT2D eigenvalue weighted by molar-refractivity contribution is 6.33. The molecule has 0 aliphatic heterocycles. The Morgan fingerprint density at radius 1 is 1.47 bits per heavy atom. The van der Waals surface area contributed by atoms with Crippen LogP contribution in [0, 0.1) is 10.1 Å². The number of aromatic nitrogens is 1. The molecule has 0 fully saturated rings. The minimum atomic E-state index is -0.511. The Kier molecular flexibility index (Phi) is 6.52. The maximum Gasteiger partial charge on any atom is 0.289 e. The van der Waals surface area contributed by atoms with E-state index in [1.54, 1.807) is 0 Å². The molecule has 0 aliphatic carbocycles. The van der Waals surface area contributed by atoms with Crippen LogP contribution in [0.5, 0.6) is 0 Å². The maximum absolute atomic E-state index is 10.6. The Morgan fingerprint density at radius 3 is 2.74 bits per heavy atom. The van der Waals surface area contributed by atoms with Crippen LogP contribution in [0.1, 0.15) is 20.3 Å². The zero-order chi connectivity index (χ0) is 14.3. The van der Waals surface area contributed by atoms with Crippen molar-refractivity contribution in [2.24, 2.45) is 0 Å². The van der Waals surface area contributed by atoms with Gasteiger partial charge in [-0.1, -0.05) is 25.4 Å². The summed E-state index contributed by atoms with van der Waals surface area (Å²) < 4.78 is 0. The predicted molar refractivity (Wildman–Crippen MR) is 76.8 cm³/mol. The number of likely N-dealkylation sites (N-methyl/N-ethyl adjacent to an activating group) is 1. The summed E-state index contributed by atoms with van der Waals surface area (Å²) in [5.74, 6) is 0.486. The van der Waals surface area contributed by atoms with Gasteiger partial charge in [-0.15, -0.1) is 0 Å². The Bertz CT molecular complexity index is 428. The third kappa shape index (κ3) is 5.00. The average Bonchev–Trinajstić information content (AvgIpc) is 2.39. The van der Waals surface area contributed by atoms with Crippen molar-refractivity contribution in [3.05, 3.63) is 27.4 Å². The van der Waals surface area contributed by atoms with Crippen molar-refractivity contribution in [1.82, 2.24) is 9.88 Å². The highest BCUT2D eigenvalue weighted by atomic mass is 35.5. The molecule has 6 nitrogen and oxygen atoms in total. The number of pyridine rings is 1. The van der Waals surface area contributed by atoms with Gasteiger partial charge in [-0.2, -0.15) is 0 Å². The molecule has 19 heavy (non-hydrogen) atoms. The van der Waals surface area contributed by atoms with Gasteiger partial charge in [0.05, 0.1) is 9.95 Å². The second kappa shape index (κ2) is 7.91. The molecule has 0 unspecified atom stereocenters. The number of nitrogens with one attached hydrogen (secondary N) is 1. The SMILES string of the molecule is CCCN(CC)CCNc1ncc([N+](=O)[O-])cc1Cl. The second-order valence-corrected chi connectivity index (χ2v) is 4.55. The normalized spacial score (nSPS) is 10.7. The molecule has 0 bridgehead atoms. The van der Waals surface area contributed by atoms with E-state index >= 15 is 0 Å². The molecule has 0 saturated carbocycles. The lowest BCUT2D eigenvalue weighted by molar-refractivity contribution is -0.385. The molecule has 1 N–H and O–H groups in total. The van der Waals surface area contributed by atoms with Gasteiger partial charge in [0, 0.05) is 19.2 Å². The molecule has 1 aromatic rings. The van der Waals surface area contributed by atoms with Crippen molar-refractivity contribution in [2.75, 3.05) is 31.5 Å². The third-order valence-corrected chi connectivity index (χ3v) is 3.03. The maximum atomic E-state index is 10.6. The van der Waals surface area contributed by atoms with Crippen LogP contribution in [-0.2, 0) is 0 Å². The molecule has 1 rings (SSSR count). The van der Waals surface area contributed by atoms with Crippen LogP contribution in [0.4, 0.5) is 11.5 Å². The molecule has 0 amide bonds. The Morgan fingerprint density at radius 2 is 2.21 bits per heavy atom. The first kappa shape index (κ1) is 15.7. The summed E-state index contributed by atoms with van der Waals surface area (Å²) in [6, 6.07) is 1.31.